The van der Waals surface area contributed by atoms with E-state index in [1.165, 1.54) is 23.1 Å². The summed E-state index contributed by atoms with van der Waals surface area (Å²) in [6.07, 6.45) is 0. The van der Waals surface area contributed by atoms with Gasteiger partial charge in [0.15, 0.2) is 5.13 Å². The Balaban J connectivity index is 1.54. The highest BCUT2D eigenvalue weighted by Gasteiger charge is 2.20. The molecule has 0 unspecified atom stereocenters. The van der Waals surface area contributed by atoms with E-state index in [-0.39, 0.29) is 5.91 Å². The third-order valence-corrected chi connectivity index (χ3v) is 6.73. The number of aromatic nitrogens is 5. The summed E-state index contributed by atoms with van der Waals surface area (Å²) in [7, 11) is 0. The molecule has 0 aliphatic carbocycles. The summed E-state index contributed by atoms with van der Waals surface area (Å²) < 4.78 is 1.73. The number of thioether (sulfide) groups is 1. The van der Waals surface area contributed by atoms with Crippen molar-refractivity contribution in [1.82, 2.24) is 25.2 Å². The SMILES string of the molecule is CC(=O)N(c1nc(CSc2nnnn2-c2cccc(C)c2)cs1)c1cccc(C)c1C. The number of anilines is 2. The second kappa shape index (κ2) is 8.99. The number of amides is 1. The van der Waals surface area contributed by atoms with Crippen molar-refractivity contribution in [2.45, 2.75) is 38.6 Å². The molecule has 9 heteroatoms. The molecule has 31 heavy (non-hydrogen) atoms. The van der Waals surface area contributed by atoms with Gasteiger partial charge in [0.1, 0.15) is 0 Å². The second-order valence-electron chi connectivity index (χ2n) is 7.20. The van der Waals surface area contributed by atoms with Gasteiger partial charge in [-0.05, 0) is 66.1 Å². The maximum atomic E-state index is 12.4. The van der Waals surface area contributed by atoms with Crippen LogP contribution < -0.4 is 4.90 Å². The van der Waals surface area contributed by atoms with Crippen LogP contribution in [0.1, 0.15) is 29.3 Å². The van der Waals surface area contributed by atoms with E-state index < -0.39 is 0 Å². The van der Waals surface area contributed by atoms with Crippen LogP contribution in [0.5, 0.6) is 0 Å². The maximum Gasteiger partial charge on any atom is 0.230 e. The van der Waals surface area contributed by atoms with Crippen molar-refractivity contribution in [3.05, 3.63) is 70.2 Å². The fourth-order valence-corrected chi connectivity index (χ4v) is 4.95. The van der Waals surface area contributed by atoms with Crippen molar-refractivity contribution in [3.63, 3.8) is 0 Å². The Hall–Kier alpha value is -3.04. The Morgan fingerprint density at radius 2 is 1.97 bits per heavy atom. The van der Waals surface area contributed by atoms with Crippen molar-refractivity contribution in [1.29, 1.82) is 0 Å². The summed E-state index contributed by atoms with van der Waals surface area (Å²) in [4.78, 5) is 18.8. The molecule has 0 aliphatic heterocycles. The van der Waals surface area contributed by atoms with E-state index in [0.717, 1.165) is 33.8 Å². The third kappa shape index (κ3) is 4.52. The number of hydrogen-bond acceptors (Lipinski definition) is 7. The lowest BCUT2D eigenvalue weighted by molar-refractivity contribution is -0.115. The average molecular weight is 451 g/mol. The van der Waals surface area contributed by atoms with Gasteiger partial charge in [0.2, 0.25) is 11.1 Å². The van der Waals surface area contributed by atoms with Gasteiger partial charge < -0.3 is 0 Å². The van der Waals surface area contributed by atoms with Gasteiger partial charge in [0.05, 0.1) is 17.1 Å². The molecule has 0 saturated heterocycles. The molecule has 7 nitrogen and oxygen atoms in total. The van der Waals surface area contributed by atoms with Crippen LogP contribution in [0, 0.1) is 20.8 Å². The van der Waals surface area contributed by atoms with E-state index in [4.69, 9.17) is 4.98 Å². The molecule has 1 amide bonds. The predicted molar refractivity (Wildman–Crippen MR) is 124 cm³/mol. The van der Waals surface area contributed by atoms with Crippen LogP contribution in [0.2, 0.25) is 0 Å². The molecular weight excluding hydrogens is 428 g/mol. The largest absolute Gasteiger partial charge is 0.274 e. The summed E-state index contributed by atoms with van der Waals surface area (Å²) in [5, 5.41) is 15.4. The summed E-state index contributed by atoms with van der Waals surface area (Å²) in [6, 6.07) is 14.0. The lowest BCUT2D eigenvalue weighted by atomic mass is 10.1. The van der Waals surface area contributed by atoms with Gasteiger partial charge in [-0.2, -0.15) is 4.68 Å². The number of benzene rings is 2. The van der Waals surface area contributed by atoms with Crippen LogP contribution >= 0.6 is 23.1 Å². The molecule has 0 bridgehead atoms. The monoisotopic (exact) mass is 450 g/mol. The lowest BCUT2D eigenvalue weighted by Gasteiger charge is -2.21. The molecule has 0 spiro atoms. The Labute approximate surface area is 189 Å². The van der Waals surface area contributed by atoms with Gasteiger partial charge in [-0.25, -0.2) is 4.98 Å². The normalized spacial score (nSPS) is 11.0. The summed E-state index contributed by atoms with van der Waals surface area (Å²) >= 11 is 2.97. The average Bonchev–Trinajstić information content (AvgIpc) is 3.39. The number of tetrazole rings is 1. The smallest absolute Gasteiger partial charge is 0.230 e. The topological polar surface area (TPSA) is 76.8 Å². The van der Waals surface area contributed by atoms with E-state index in [1.54, 1.807) is 16.5 Å². The number of carbonyl (C=O) groups is 1. The number of rotatable bonds is 6. The number of thiazole rings is 1. The van der Waals surface area contributed by atoms with Crippen molar-refractivity contribution in [2.75, 3.05) is 4.90 Å². The predicted octanol–water partition coefficient (Wildman–Crippen LogP) is 5.02. The molecule has 0 radical (unpaired) electrons. The molecule has 0 N–H and O–H groups in total. The molecule has 0 aliphatic rings. The fourth-order valence-electron chi connectivity index (χ4n) is 3.18. The zero-order chi connectivity index (χ0) is 22.0. The Bertz CT molecular complexity index is 1230. The third-order valence-electron chi connectivity index (χ3n) is 4.90. The quantitative estimate of drug-likeness (QED) is 0.384. The van der Waals surface area contributed by atoms with Crippen molar-refractivity contribution < 1.29 is 4.79 Å². The van der Waals surface area contributed by atoms with Gasteiger partial charge in [-0.15, -0.1) is 16.4 Å². The van der Waals surface area contributed by atoms with Crippen LogP contribution in [-0.4, -0.2) is 31.1 Å². The summed E-state index contributed by atoms with van der Waals surface area (Å²) in [5.41, 5.74) is 6.01. The fraction of sp³-hybridized carbons (Fsp3) is 0.227. The highest BCUT2D eigenvalue weighted by molar-refractivity contribution is 7.98. The standard InChI is InChI=1S/C22H22N6OS2/c1-14-7-5-9-19(11-14)28-22(24-25-26-28)31-13-18-12-30-21(23-18)27(17(4)29)20-10-6-8-15(2)16(20)3/h5-12H,13H2,1-4H3. The van der Waals surface area contributed by atoms with Gasteiger partial charge in [0.25, 0.3) is 0 Å². The number of carbonyl (C=O) groups excluding carboxylic acids is 1. The van der Waals surface area contributed by atoms with E-state index in [9.17, 15) is 4.79 Å². The maximum absolute atomic E-state index is 12.4. The summed E-state index contributed by atoms with van der Waals surface area (Å²) in [6.45, 7) is 7.66. The molecule has 4 aromatic rings. The van der Waals surface area contributed by atoms with Crippen LogP contribution in [0.25, 0.3) is 5.69 Å². The first kappa shape index (κ1) is 21.2. The molecule has 158 valence electrons. The minimum Gasteiger partial charge on any atom is -0.274 e. The first-order chi connectivity index (χ1) is 14.9. The molecule has 2 aromatic heterocycles. The Kier molecular flexibility index (Phi) is 6.15. The highest BCUT2D eigenvalue weighted by atomic mass is 32.2. The molecule has 4 rings (SSSR count). The van der Waals surface area contributed by atoms with Crippen molar-refractivity contribution in [2.24, 2.45) is 0 Å². The number of nitrogens with zero attached hydrogens (tertiary/aromatic N) is 6. The second-order valence-corrected chi connectivity index (χ2v) is 8.97. The highest BCUT2D eigenvalue weighted by Crippen LogP contribution is 2.33. The van der Waals surface area contributed by atoms with Crippen molar-refractivity contribution >= 4 is 39.8 Å². The first-order valence-corrected chi connectivity index (χ1v) is 11.6. The van der Waals surface area contributed by atoms with Crippen LogP contribution in [0.3, 0.4) is 0 Å². The number of aryl methyl sites for hydroxylation is 2. The molecule has 0 atom stereocenters. The minimum absolute atomic E-state index is 0.0642. The van der Waals surface area contributed by atoms with E-state index in [2.05, 4.69) is 15.5 Å². The number of hydrogen-bond donors (Lipinski definition) is 0. The lowest BCUT2D eigenvalue weighted by Crippen LogP contribution is -2.23. The van der Waals surface area contributed by atoms with Crippen LogP contribution in [0.4, 0.5) is 10.8 Å². The molecular formula is C22H22N6OS2. The van der Waals surface area contributed by atoms with Gasteiger partial charge in [0, 0.05) is 18.1 Å². The van der Waals surface area contributed by atoms with E-state index in [1.807, 2.05) is 68.6 Å². The van der Waals surface area contributed by atoms with Crippen LogP contribution in [-0.2, 0) is 10.5 Å². The van der Waals surface area contributed by atoms with Gasteiger partial charge >= 0.3 is 0 Å². The van der Waals surface area contributed by atoms with Crippen LogP contribution in [0.15, 0.2) is 53.0 Å². The molecule has 0 saturated carbocycles. The first-order valence-electron chi connectivity index (χ1n) is 9.73. The summed E-state index contributed by atoms with van der Waals surface area (Å²) in [5.74, 6) is 0.534. The molecule has 2 heterocycles. The molecule has 2 aromatic carbocycles. The van der Waals surface area contributed by atoms with Gasteiger partial charge in [-0.1, -0.05) is 36.0 Å². The Morgan fingerprint density at radius 1 is 1.16 bits per heavy atom. The minimum atomic E-state index is -0.0642. The van der Waals surface area contributed by atoms with Crippen molar-refractivity contribution in [3.8, 4) is 5.69 Å². The zero-order valence-corrected chi connectivity index (χ0v) is 19.4. The van der Waals surface area contributed by atoms with Gasteiger partial charge in [-0.3, -0.25) is 9.69 Å². The van der Waals surface area contributed by atoms with E-state index >= 15 is 0 Å². The Morgan fingerprint density at radius 3 is 2.74 bits per heavy atom. The van der Waals surface area contributed by atoms with E-state index in [0.29, 0.717) is 16.0 Å². The molecule has 0 fully saturated rings. The zero-order valence-electron chi connectivity index (χ0n) is 17.7.